The van der Waals surface area contributed by atoms with Crippen molar-refractivity contribution in [3.63, 3.8) is 0 Å². The number of carbonyl (C=O) groups excluding carboxylic acids is 1. The third-order valence-electron chi connectivity index (χ3n) is 2.14. The monoisotopic (exact) mass is 274 g/mol. The molecule has 0 bridgehead atoms. The van der Waals surface area contributed by atoms with Crippen molar-refractivity contribution in [2.45, 2.75) is 19.9 Å². The van der Waals surface area contributed by atoms with E-state index in [1.165, 1.54) is 0 Å². The van der Waals surface area contributed by atoms with Gasteiger partial charge in [0.15, 0.2) is 0 Å². The number of amides is 1. The summed E-state index contributed by atoms with van der Waals surface area (Å²) in [6.07, 6.45) is 0. The van der Waals surface area contributed by atoms with Crippen molar-refractivity contribution in [3.05, 3.63) is 33.8 Å². The molecule has 1 amide bonds. The summed E-state index contributed by atoms with van der Waals surface area (Å²) in [6.45, 7) is 5.40. The first kappa shape index (κ1) is 14.3. The summed E-state index contributed by atoms with van der Waals surface area (Å²) in [5.41, 5.74) is 0.445. The van der Waals surface area contributed by atoms with Crippen LogP contribution in [0.3, 0.4) is 0 Å². The van der Waals surface area contributed by atoms with Crippen LogP contribution in [0, 0.1) is 0 Å². The molecule has 0 saturated heterocycles. The molecule has 1 rings (SSSR count). The first-order valence-electron chi connectivity index (χ1n) is 5.47. The van der Waals surface area contributed by atoms with Crippen molar-refractivity contribution in [2.24, 2.45) is 0 Å². The molecule has 0 aromatic heterocycles. The van der Waals surface area contributed by atoms with Crippen molar-refractivity contribution >= 4 is 29.1 Å². The highest BCUT2D eigenvalue weighted by atomic mass is 35.5. The molecule has 17 heavy (non-hydrogen) atoms. The molecule has 0 heterocycles. The van der Waals surface area contributed by atoms with E-state index in [1.54, 1.807) is 18.2 Å². The first-order valence-corrected chi connectivity index (χ1v) is 6.23. The molecule has 2 N–H and O–H groups in total. The average Bonchev–Trinajstić information content (AvgIpc) is 2.23. The number of hydrogen-bond acceptors (Lipinski definition) is 2. The van der Waals surface area contributed by atoms with Gasteiger partial charge in [-0.3, -0.25) is 4.79 Å². The number of benzene rings is 1. The van der Waals surface area contributed by atoms with E-state index in [1.807, 2.05) is 0 Å². The van der Waals surface area contributed by atoms with Crippen molar-refractivity contribution in [3.8, 4) is 0 Å². The summed E-state index contributed by atoms with van der Waals surface area (Å²) in [7, 11) is 0. The zero-order valence-corrected chi connectivity index (χ0v) is 11.4. The van der Waals surface area contributed by atoms with E-state index >= 15 is 0 Å². The molecule has 1 aromatic rings. The lowest BCUT2D eigenvalue weighted by molar-refractivity contribution is 0.0954. The van der Waals surface area contributed by atoms with E-state index in [0.717, 1.165) is 6.54 Å². The summed E-state index contributed by atoms with van der Waals surface area (Å²) in [6, 6.07) is 5.24. The van der Waals surface area contributed by atoms with Crippen LogP contribution >= 0.6 is 23.2 Å². The van der Waals surface area contributed by atoms with Crippen molar-refractivity contribution in [1.29, 1.82) is 0 Å². The van der Waals surface area contributed by atoms with Crippen LogP contribution in [-0.2, 0) is 0 Å². The van der Waals surface area contributed by atoms with Gasteiger partial charge in [0.2, 0.25) is 0 Å². The molecule has 94 valence electrons. The summed E-state index contributed by atoms with van der Waals surface area (Å²) in [5, 5.41) is 6.88. The Bertz CT molecular complexity index is 394. The predicted octanol–water partition coefficient (Wildman–Crippen LogP) is 2.72. The van der Waals surface area contributed by atoms with E-state index in [-0.39, 0.29) is 5.91 Å². The van der Waals surface area contributed by atoms with Gasteiger partial charge in [-0.2, -0.15) is 0 Å². The van der Waals surface area contributed by atoms with Crippen LogP contribution in [0.2, 0.25) is 10.0 Å². The molecule has 0 spiro atoms. The van der Waals surface area contributed by atoms with E-state index in [4.69, 9.17) is 23.2 Å². The van der Waals surface area contributed by atoms with Gasteiger partial charge in [-0.25, -0.2) is 0 Å². The molecular weight excluding hydrogens is 259 g/mol. The first-order chi connectivity index (χ1) is 8.00. The van der Waals surface area contributed by atoms with Crippen LogP contribution in [0.1, 0.15) is 24.2 Å². The van der Waals surface area contributed by atoms with Gasteiger partial charge in [0.25, 0.3) is 5.91 Å². The second-order valence-corrected chi connectivity index (χ2v) is 4.83. The number of halogens is 2. The average molecular weight is 275 g/mol. The SMILES string of the molecule is CC(C)NCCNC(=O)c1ccc(Cl)cc1Cl. The molecule has 1 aromatic carbocycles. The van der Waals surface area contributed by atoms with Gasteiger partial charge in [0.05, 0.1) is 10.6 Å². The largest absolute Gasteiger partial charge is 0.351 e. The normalized spacial score (nSPS) is 10.6. The minimum absolute atomic E-state index is 0.183. The Morgan fingerprint density at radius 3 is 2.59 bits per heavy atom. The highest BCUT2D eigenvalue weighted by molar-refractivity contribution is 6.36. The van der Waals surface area contributed by atoms with Gasteiger partial charge in [0, 0.05) is 24.2 Å². The summed E-state index contributed by atoms with van der Waals surface area (Å²) < 4.78 is 0. The molecular formula is C12H16Cl2N2O. The lowest BCUT2D eigenvalue weighted by Gasteiger charge is -2.09. The molecule has 0 atom stereocenters. The minimum atomic E-state index is -0.183. The van der Waals surface area contributed by atoms with Gasteiger partial charge in [-0.05, 0) is 18.2 Å². The van der Waals surface area contributed by atoms with Crippen LogP contribution in [-0.4, -0.2) is 25.0 Å². The highest BCUT2D eigenvalue weighted by Crippen LogP contribution is 2.20. The fraction of sp³-hybridized carbons (Fsp3) is 0.417. The maximum absolute atomic E-state index is 11.8. The van der Waals surface area contributed by atoms with E-state index in [0.29, 0.717) is 28.2 Å². The maximum Gasteiger partial charge on any atom is 0.252 e. The van der Waals surface area contributed by atoms with Crippen LogP contribution < -0.4 is 10.6 Å². The fourth-order valence-corrected chi connectivity index (χ4v) is 1.80. The Morgan fingerprint density at radius 1 is 1.29 bits per heavy atom. The van der Waals surface area contributed by atoms with Crippen molar-refractivity contribution in [1.82, 2.24) is 10.6 Å². The van der Waals surface area contributed by atoms with E-state index in [2.05, 4.69) is 24.5 Å². The molecule has 5 heteroatoms. The van der Waals surface area contributed by atoms with Gasteiger partial charge in [-0.15, -0.1) is 0 Å². The summed E-state index contributed by atoms with van der Waals surface area (Å²) in [4.78, 5) is 11.8. The number of carbonyl (C=O) groups is 1. The van der Waals surface area contributed by atoms with Crippen molar-refractivity contribution < 1.29 is 4.79 Å². The molecule has 3 nitrogen and oxygen atoms in total. The zero-order valence-electron chi connectivity index (χ0n) is 9.89. The molecule has 0 saturated carbocycles. The zero-order chi connectivity index (χ0) is 12.8. The highest BCUT2D eigenvalue weighted by Gasteiger charge is 2.09. The maximum atomic E-state index is 11.8. The Kier molecular flexibility index (Phi) is 5.75. The topological polar surface area (TPSA) is 41.1 Å². The Labute approximate surface area is 111 Å². The Morgan fingerprint density at radius 2 is 2.00 bits per heavy atom. The molecule has 0 aliphatic heterocycles. The number of nitrogens with one attached hydrogen (secondary N) is 2. The molecule has 0 aliphatic carbocycles. The number of rotatable bonds is 5. The van der Waals surface area contributed by atoms with Crippen LogP contribution in [0.4, 0.5) is 0 Å². The predicted molar refractivity (Wildman–Crippen MR) is 71.9 cm³/mol. The lowest BCUT2D eigenvalue weighted by atomic mass is 10.2. The molecule has 0 aliphatic rings. The quantitative estimate of drug-likeness (QED) is 0.811. The van der Waals surface area contributed by atoms with Crippen LogP contribution in [0.25, 0.3) is 0 Å². The second kappa shape index (κ2) is 6.84. The second-order valence-electron chi connectivity index (χ2n) is 3.99. The van der Waals surface area contributed by atoms with Crippen LogP contribution in [0.15, 0.2) is 18.2 Å². The number of hydrogen-bond donors (Lipinski definition) is 2. The minimum Gasteiger partial charge on any atom is -0.351 e. The van der Waals surface area contributed by atoms with Gasteiger partial charge < -0.3 is 10.6 Å². The van der Waals surface area contributed by atoms with E-state index in [9.17, 15) is 4.79 Å². The third kappa shape index (κ3) is 4.94. The van der Waals surface area contributed by atoms with Gasteiger partial charge >= 0.3 is 0 Å². The van der Waals surface area contributed by atoms with E-state index < -0.39 is 0 Å². The molecule has 0 unspecified atom stereocenters. The summed E-state index contributed by atoms with van der Waals surface area (Å²) in [5.74, 6) is -0.183. The standard InChI is InChI=1S/C12H16Cl2N2O/c1-8(2)15-5-6-16-12(17)10-4-3-9(13)7-11(10)14/h3-4,7-8,15H,5-6H2,1-2H3,(H,16,17). The molecule has 0 fully saturated rings. The van der Waals surface area contributed by atoms with Gasteiger partial charge in [0.1, 0.15) is 0 Å². The Hall–Kier alpha value is -0.770. The van der Waals surface area contributed by atoms with Crippen LogP contribution in [0.5, 0.6) is 0 Å². The Balaban J connectivity index is 2.47. The third-order valence-corrected chi connectivity index (χ3v) is 2.69. The molecule has 0 radical (unpaired) electrons. The smallest absolute Gasteiger partial charge is 0.252 e. The van der Waals surface area contributed by atoms with Crippen molar-refractivity contribution in [2.75, 3.05) is 13.1 Å². The summed E-state index contributed by atoms with van der Waals surface area (Å²) >= 11 is 11.7. The fourth-order valence-electron chi connectivity index (χ4n) is 1.31. The van der Waals surface area contributed by atoms with Gasteiger partial charge in [-0.1, -0.05) is 37.0 Å². The lowest BCUT2D eigenvalue weighted by Crippen LogP contribution is -2.34.